The molecule has 1 amide bonds. The van der Waals surface area contributed by atoms with Crippen LogP contribution in [0, 0.1) is 0 Å². The summed E-state index contributed by atoms with van der Waals surface area (Å²) in [5.41, 5.74) is 1.10. The van der Waals surface area contributed by atoms with E-state index in [9.17, 15) is 13.2 Å². The first-order chi connectivity index (χ1) is 16.9. The first kappa shape index (κ1) is 24.5. The Hall–Kier alpha value is -2.17. The van der Waals surface area contributed by atoms with E-state index in [1.54, 1.807) is 48.4 Å². The molecular weight excluding hydrogens is 504 g/mol. The van der Waals surface area contributed by atoms with Crippen LogP contribution in [-0.2, 0) is 14.8 Å². The topological polar surface area (TPSA) is 82.6 Å². The van der Waals surface area contributed by atoms with E-state index in [0.29, 0.717) is 18.1 Å². The van der Waals surface area contributed by atoms with Crippen LogP contribution in [0.4, 0.5) is 0 Å². The molecule has 2 aromatic carbocycles. The van der Waals surface area contributed by atoms with E-state index in [0.717, 1.165) is 22.8 Å². The van der Waals surface area contributed by atoms with Gasteiger partial charge >= 0.3 is 0 Å². The predicted molar refractivity (Wildman–Crippen MR) is 140 cm³/mol. The molecule has 10 heteroatoms. The van der Waals surface area contributed by atoms with E-state index in [1.807, 2.05) is 29.2 Å². The highest BCUT2D eigenvalue weighted by molar-refractivity contribution is 8.01. The number of hydrogen-bond donors (Lipinski definition) is 1. The summed E-state index contributed by atoms with van der Waals surface area (Å²) in [6, 6.07) is 14.5. The molecule has 1 aromatic heterocycles. The van der Waals surface area contributed by atoms with E-state index in [4.69, 9.17) is 11.6 Å². The molecule has 3 atom stereocenters. The van der Waals surface area contributed by atoms with Crippen molar-refractivity contribution in [2.24, 2.45) is 0 Å². The Labute approximate surface area is 214 Å². The van der Waals surface area contributed by atoms with E-state index < -0.39 is 10.0 Å². The minimum absolute atomic E-state index is 0.0429. The Kier molecular flexibility index (Phi) is 7.05. The molecule has 0 spiro atoms. The molecule has 2 aliphatic heterocycles. The summed E-state index contributed by atoms with van der Waals surface area (Å²) in [7, 11) is -3.65. The van der Waals surface area contributed by atoms with Gasteiger partial charge < -0.3 is 4.90 Å². The molecule has 2 saturated heterocycles. The first-order valence-corrected chi connectivity index (χ1v) is 14.4. The summed E-state index contributed by atoms with van der Waals surface area (Å²) in [4.78, 5) is 19.6. The number of aromatic nitrogens is 1. The van der Waals surface area contributed by atoms with E-state index in [-0.39, 0.29) is 40.6 Å². The molecule has 2 aliphatic rings. The Morgan fingerprint density at radius 1 is 1.06 bits per heavy atom. The molecule has 0 radical (unpaired) electrons. The van der Waals surface area contributed by atoms with Crippen molar-refractivity contribution in [1.82, 2.24) is 19.5 Å². The van der Waals surface area contributed by atoms with Crippen molar-refractivity contribution in [3.63, 3.8) is 0 Å². The van der Waals surface area contributed by atoms with Gasteiger partial charge in [-0.15, -0.1) is 11.8 Å². The van der Waals surface area contributed by atoms with Crippen molar-refractivity contribution in [2.45, 2.75) is 34.9 Å². The summed E-state index contributed by atoms with van der Waals surface area (Å²) in [5.74, 6) is 0.0746. The number of nitrogens with zero attached hydrogens (tertiary/aromatic N) is 3. The maximum Gasteiger partial charge on any atom is 0.243 e. The predicted octanol–water partition coefficient (Wildman–Crippen LogP) is 3.90. The van der Waals surface area contributed by atoms with Gasteiger partial charge in [0.05, 0.1) is 10.3 Å². The summed E-state index contributed by atoms with van der Waals surface area (Å²) in [6.07, 6.45) is 4.36. The molecule has 3 aromatic rings. The second-order valence-corrected chi connectivity index (χ2v) is 12.4. The molecule has 5 rings (SSSR count). The molecule has 0 saturated carbocycles. The average Bonchev–Trinajstić information content (AvgIpc) is 3.33. The number of halogens is 1. The van der Waals surface area contributed by atoms with Crippen LogP contribution in [0.1, 0.15) is 24.3 Å². The summed E-state index contributed by atoms with van der Waals surface area (Å²) in [6.45, 7) is 3.41. The third-order valence-electron chi connectivity index (χ3n) is 6.67. The Balaban J connectivity index is 1.25. The zero-order chi connectivity index (χ0) is 24.6. The number of carbonyl (C=O) groups is 1. The summed E-state index contributed by atoms with van der Waals surface area (Å²) < 4.78 is 28.1. The lowest BCUT2D eigenvalue weighted by atomic mass is 10.1. The number of fused-ring (bicyclic) bond motifs is 1. The van der Waals surface area contributed by atoms with Gasteiger partial charge in [0.2, 0.25) is 15.9 Å². The molecule has 7 nitrogen and oxygen atoms in total. The van der Waals surface area contributed by atoms with E-state index in [2.05, 4.69) is 17.2 Å². The minimum atomic E-state index is -3.65. The van der Waals surface area contributed by atoms with Gasteiger partial charge in [0.1, 0.15) is 5.25 Å². The van der Waals surface area contributed by atoms with Crippen LogP contribution in [0.25, 0.3) is 10.8 Å². The highest BCUT2D eigenvalue weighted by Crippen LogP contribution is 2.40. The van der Waals surface area contributed by atoms with Crippen LogP contribution in [0.2, 0.25) is 5.02 Å². The molecule has 1 N–H and O–H groups in total. The third kappa shape index (κ3) is 4.93. The van der Waals surface area contributed by atoms with Crippen LogP contribution in [0.5, 0.6) is 0 Å². The number of carbonyl (C=O) groups excluding carboxylic acids is 1. The molecular formula is C25H27ClN4O3S2. The molecule has 3 unspecified atom stereocenters. The maximum atomic E-state index is 13.4. The number of hydrogen-bond acceptors (Lipinski definition) is 6. The quantitative estimate of drug-likeness (QED) is 0.538. The SMILES string of the molecule is CCC1NC(c2ccncc2)SC1C(=O)N1CCN(S(=O)(=O)c2ccc3cc(Cl)ccc3c2)CC1. The zero-order valence-corrected chi connectivity index (χ0v) is 21.7. The van der Waals surface area contributed by atoms with Crippen LogP contribution < -0.4 is 5.32 Å². The lowest BCUT2D eigenvalue weighted by molar-refractivity contribution is -0.132. The van der Waals surface area contributed by atoms with Crippen LogP contribution >= 0.6 is 23.4 Å². The number of rotatable bonds is 5. The van der Waals surface area contributed by atoms with E-state index >= 15 is 0 Å². The Morgan fingerprint density at radius 3 is 2.46 bits per heavy atom. The lowest BCUT2D eigenvalue weighted by Crippen LogP contribution is -2.53. The molecule has 3 heterocycles. The summed E-state index contributed by atoms with van der Waals surface area (Å²) >= 11 is 7.68. The number of nitrogens with one attached hydrogen (secondary N) is 1. The summed E-state index contributed by atoms with van der Waals surface area (Å²) in [5, 5.41) is 5.75. The smallest absolute Gasteiger partial charge is 0.243 e. The number of sulfonamides is 1. The number of thioether (sulfide) groups is 1. The fourth-order valence-corrected chi connectivity index (χ4v) is 7.90. The van der Waals surface area contributed by atoms with Gasteiger partial charge in [-0.3, -0.25) is 15.1 Å². The molecule has 35 heavy (non-hydrogen) atoms. The minimum Gasteiger partial charge on any atom is -0.339 e. The van der Waals surface area contributed by atoms with Crippen LogP contribution in [0.3, 0.4) is 0 Å². The van der Waals surface area contributed by atoms with Gasteiger partial charge in [0.25, 0.3) is 0 Å². The second kappa shape index (κ2) is 10.1. The highest BCUT2D eigenvalue weighted by atomic mass is 35.5. The van der Waals surface area contributed by atoms with Gasteiger partial charge in [-0.05, 0) is 59.2 Å². The zero-order valence-electron chi connectivity index (χ0n) is 19.3. The van der Waals surface area contributed by atoms with Crippen molar-refractivity contribution in [3.05, 3.63) is 71.5 Å². The maximum absolute atomic E-state index is 13.4. The number of piperazine rings is 1. The standard InChI is InChI=1S/C25H27ClN4O3S2/c1-2-22-23(34-24(28-22)17-7-9-27-10-8-17)25(31)29-11-13-30(14-12-29)35(32,33)21-6-4-18-15-20(26)5-3-19(18)16-21/h3-10,15-16,22-24,28H,2,11-14H2,1H3. The van der Waals surface area contributed by atoms with Gasteiger partial charge in [-0.1, -0.05) is 30.7 Å². The highest BCUT2D eigenvalue weighted by Gasteiger charge is 2.41. The van der Waals surface area contributed by atoms with Gasteiger partial charge in [0, 0.05) is 49.6 Å². The van der Waals surface area contributed by atoms with E-state index in [1.165, 1.54) is 4.31 Å². The Bertz CT molecular complexity index is 1330. The number of benzene rings is 2. The van der Waals surface area contributed by atoms with Gasteiger partial charge in [0.15, 0.2) is 0 Å². The monoisotopic (exact) mass is 530 g/mol. The van der Waals surface area contributed by atoms with Crippen molar-refractivity contribution >= 4 is 50.1 Å². The fraction of sp³-hybridized carbons (Fsp3) is 0.360. The molecule has 0 bridgehead atoms. The van der Waals surface area contributed by atoms with Crippen molar-refractivity contribution in [1.29, 1.82) is 0 Å². The Morgan fingerprint density at radius 2 is 1.74 bits per heavy atom. The molecule has 0 aliphatic carbocycles. The van der Waals surface area contributed by atoms with Crippen LogP contribution in [-0.4, -0.2) is 66.0 Å². The second-order valence-electron chi connectivity index (χ2n) is 8.78. The number of pyridine rings is 1. The average molecular weight is 531 g/mol. The first-order valence-electron chi connectivity index (χ1n) is 11.7. The van der Waals surface area contributed by atoms with Crippen molar-refractivity contribution in [2.75, 3.05) is 26.2 Å². The third-order valence-corrected chi connectivity index (χ3v) is 10.3. The van der Waals surface area contributed by atoms with Gasteiger partial charge in [-0.2, -0.15) is 4.31 Å². The number of amides is 1. The molecule has 184 valence electrons. The largest absolute Gasteiger partial charge is 0.339 e. The fourth-order valence-electron chi connectivity index (χ4n) is 4.67. The van der Waals surface area contributed by atoms with Crippen molar-refractivity contribution in [3.8, 4) is 0 Å². The normalized spacial score (nSPS) is 23.6. The lowest BCUT2D eigenvalue weighted by Gasteiger charge is -2.35. The van der Waals surface area contributed by atoms with Crippen LogP contribution in [0.15, 0.2) is 65.8 Å². The van der Waals surface area contributed by atoms with Crippen molar-refractivity contribution < 1.29 is 13.2 Å². The van der Waals surface area contributed by atoms with Gasteiger partial charge in [-0.25, -0.2) is 8.42 Å². The molecule has 2 fully saturated rings.